The summed E-state index contributed by atoms with van der Waals surface area (Å²) in [4.78, 5) is 33.9. The largest absolute Gasteiger partial charge is 0.460 e. The van der Waals surface area contributed by atoms with Crippen molar-refractivity contribution in [1.82, 2.24) is 14.5 Å². The lowest BCUT2D eigenvalue weighted by Crippen LogP contribution is -2.42. The summed E-state index contributed by atoms with van der Waals surface area (Å²) in [6.07, 6.45) is 3.21. The molecule has 5 aromatic carbocycles. The number of hydrogen-bond acceptors (Lipinski definition) is 5. The predicted octanol–water partition coefficient (Wildman–Crippen LogP) is 9.10. The Hall–Kier alpha value is -5.53. The fourth-order valence-corrected chi connectivity index (χ4v) is 7.48. The molecule has 0 aliphatic rings. The topological polar surface area (TPSA) is 84.7 Å². The number of nitrogens with zero attached hydrogens (tertiary/aromatic N) is 3. The van der Waals surface area contributed by atoms with Gasteiger partial charge in [-0.3, -0.25) is 9.59 Å². The van der Waals surface area contributed by atoms with E-state index < -0.39 is 22.7 Å². The average Bonchev–Trinajstić information content (AvgIpc) is 3.63. The number of esters is 1. The summed E-state index contributed by atoms with van der Waals surface area (Å²) in [7, 11) is 0. The molecular weight excluding hydrogens is 659 g/mol. The molecule has 1 N–H and O–H groups in total. The number of amides is 1. The summed E-state index contributed by atoms with van der Waals surface area (Å²) in [5.41, 5.74) is 0.889. The van der Waals surface area contributed by atoms with Gasteiger partial charge < -0.3 is 19.3 Å². The second-order valence-electron chi connectivity index (χ2n) is 15.3. The first-order valence-electron chi connectivity index (χ1n) is 18.3. The van der Waals surface area contributed by atoms with Gasteiger partial charge in [-0.25, -0.2) is 4.98 Å². The van der Waals surface area contributed by atoms with Crippen LogP contribution in [0.3, 0.4) is 0 Å². The van der Waals surface area contributed by atoms with E-state index in [0.29, 0.717) is 16.8 Å². The molecule has 1 amide bonds. The molecule has 6 rings (SSSR count). The fourth-order valence-electron chi connectivity index (χ4n) is 7.48. The lowest BCUT2D eigenvalue weighted by Gasteiger charge is -2.37. The zero-order valence-corrected chi connectivity index (χ0v) is 31.7. The third kappa shape index (κ3) is 7.40. The minimum Gasteiger partial charge on any atom is -0.460 e. The Morgan fingerprint density at radius 2 is 1.19 bits per heavy atom. The van der Waals surface area contributed by atoms with Crippen LogP contribution in [0.2, 0.25) is 0 Å². The van der Waals surface area contributed by atoms with Crippen molar-refractivity contribution in [1.29, 1.82) is 0 Å². The average molecular weight is 708 g/mol. The summed E-state index contributed by atoms with van der Waals surface area (Å²) in [6, 6.07) is 41.9. The highest BCUT2D eigenvalue weighted by Gasteiger charge is 2.43. The molecule has 0 unspecified atom stereocenters. The summed E-state index contributed by atoms with van der Waals surface area (Å²) in [6.45, 7) is 13.5. The van der Waals surface area contributed by atoms with E-state index in [1.54, 1.807) is 27.1 Å². The lowest BCUT2D eigenvalue weighted by atomic mass is 9.76. The van der Waals surface area contributed by atoms with Gasteiger partial charge in [-0.15, -0.1) is 0 Å². The van der Waals surface area contributed by atoms with Crippen molar-refractivity contribution < 1.29 is 19.4 Å². The Balaban J connectivity index is 1.52. The maximum absolute atomic E-state index is 13.6. The molecule has 0 spiro atoms. The number of ether oxygens (including phenoxy) is 1. The van der Waals surface area contributed by atoms with Gasteiger partial charge in [0.1, 0.15) is 16.7 Å². The SMILES string of the molecule is CC(C)N(C(=O)c1ccc2cc([C@@](O)(CC(=O)OC(C)(C)C)c3cn(C(c4ccccc4)(c4ccccc4)c4ccccc4)cn3)ccc2c1)C(C)C. The quantitative estimate of drug-likeness (QED) is 0.107. The van der Waals surface area contributed by atoms with Crippen LogP contribution in [0.1, 0.15) is 93.2 Å². The standard InChI is InChI=1S/C46H49N3O4/c1-32(2)49(33(3)4)43(51)36-24-23-35-28-40(26-25-34(35)27-36)45(52,29-42(50)53-44(5,6)7)41-30-48(31-47-41)46(37-17-11-8-12-18-37,38-19-13-9-14-20-38)39-21-15-10-16-22-39/h8-28,30-33,52H,29H2,1-7H3/t45-/m0/s1. The second-order valence-corrected chi connectivity index (χ2v) is 15.3. The van der Waals surface area contributed by atoms with Crippen molar-refractivity contribution in [3.8, 4) is 0 Å². The van der Waals surface area contributed by atoms with Crippen LogP contribution in [0.25, 0.3) is 10.8 Å². The first-order valence-corrected chi connectivity index (χ1v) is 18.3. The lowest BCUT2D eigenvalue weighted by molar-refractivity contribution is -0.159. The molecular formula is C46H49N3O4. The first kappa shape index (κ1) is 37.2. The van der Waals surface area contributed by atoms with Gasteiger partial charge in [0.2, 0.25) is 0 Å². The van der Waals surface area contributed by atoms with E-state index in [2.05, 4.69) is 36.4 Å². The van der Waals surface area contributed by atoms with Crippen LogP contribution in [0.4, 0.5) is 0 Å². The fraction of sp³-hybridized carbons (Fsp3) is 0.283. The maximum atomic E-state index is 13.6. The minimum atomic E-state index is -1.86. The number of aromatic nitrogens is 2. The van der Waals surface area contributed by atoms with Crippen LogP contribution < -0.4 is 0 Å². The molecule has 0 saturated carbocycles. The molecule has 7 nitrogen and oxygen atoms in total. The van der Waals surface area contributed by atoms with Crippen LogP contribution in [0.5, 0.6) is 0 Å². The molecule has 0 saturated heterocycles. The summed E-state index contributed by atoms with van der Waals surface area (Å²) < 4.78 is 7.80. The van der Waals surface area contributed by atoms with E-state index in [1.165, 1.54) is 0 Å². The van der Waals surface area contributed by atoms with Gasteiger partial charge in [-0.1, -0.05) is 109 Å². The van der Waals surface area contributed by atoms with Gasteiger partial charge in [-0.2, -0.15) is 0 Å². The van der Waals surface area contributed by atoms with Crippen molar-refractivity contribution in [2.24, 2.45) is 0 Å². The summed E-state index contributed by atoms with van der Waals surface area (Å²) in [5.74, 6) is -0.592. The highest BCUT2D eigenvalue weighted by atomic mass is 16.6. The monoisotopic (exact) mass is 707 g/mol. The molecule has 0 fully saturated rings. The summed E-state index contributed by atoms with van der Waals surface area (Å²) in [5, 5.41) is 14.5. The van der Waals surface area contributed by atoms with Crippen molar-refractivity contribution in [2.75, 3.05) is 0 Å². The van der Waals surface area contributed by atoms with E-state index in [1.807, 2.05) is 134 Å². The zero-order valence-electron chi connectivity index (χ0n) is 31.7. The number of carbonyl (C=O) groups excluding carboxylic acids is 2. The highest BCUT2D eigenvalue weighted by Crippen LogP contribution is 2.43. The van der Waals surface area contributed by atoms with Crippen LogP contribution in [0.15, 0.2) is 140 Å². The van der Waals surface area contributed by atoms with Gasteiger partial charge in [0.15, 0.2) is 0 Å². The Labute approximate surface area is 312 Å². The number of aliphatic hydroxyl groups is 1. The van der Waals surface area contributed by atoms with Crippen molar-refractivity contribution in [3.05, 3.63) is 173 Å². The van der Waals surface area contributed by atoms with Crippen LogP contribution in [-0.2, 0) is 20.7 Å². The molecule has 1 heterocycles. The van der Waals surface area contributed by atoms with Crippen molar-refractivity contribution in [2.45, 2.75) is 83.7 Å². The van der Waals surface area contributed by atoms with E-state index in [-0.39, 0.29) is 24.4 Å². The zero-order chi connectivity index (χ0) is 38.0. The minimum absolute atomic E-state index is 0.0355. The molecule has 6 aromatic rings. The third-order valence-electron chi connectivity index (χ3n) is 9.70. The first-order chi connectivity index (χ1) is 25.2. The van der Waals surface area contributed by atoms with Gasteiger partial charge in [0.05, 0.1) is 18.4 Å². The van der Waals surface area contributed by atoms with E-state index in [4.69, 9.17) is 9.72 Å². The molecule has 1 atom stereocenters. The summed E-state index contributed by atoms with van der Waals surface area (Å²) >= 11 is 0. The second kappa shape index (κ2) is 14.8. The number of fused-ring (bicyclic) bond motifs is 1. The molecule has 1 aromatic heterocycles. The van der Waals surface area contributed by atoms with Gasteiger partial charge >= 0.3 is 5.97 Å². The Morgan fingerprint density at radius 1 is 0.698 bits per heavy atom. The molecule has 0 radical (unpaired) electrons. The number of hydrogen-bond donors (Lipinski definition) is 1. The predicted molar refractivity (Wildman–Crippen MR) is 211 cm³/mol. The van der Waals surface area contributed by atoms with Crippen molar-refractivity contribution >= 4 is 22.6 Å². The van der Waals surface area contributed by atoms with Gasteiger partial charge in [0.25, 0.3) is 5.91 Å². The normalized spacial score (nSPS) is 13.2. The van der Waals surface area contributed by atoms with Crippen LogP contribution >= 0.6 is 0 Å². The van der Waals surface area contributed by atoms with Crippen molar-refractivity contribution in [3.63, 3.8) is 0 Å². The van der Waals surface area contributed by atoms with Gasteiger partial charge in [0, 0.05) is 23.8 Å². The Bertz CT molecular complexity index is 2080. The number of benzene rings is 5. The van der Waals surface area contributed by atoms with E-state index >= 15 is 0 Å². The molecule has 0 aliphatic heterocycles. The van der Waals surface area contributed by atoms with Crippen LogP contribution in [-0.4, -0.2) is 49.1 Å². The molecule has 0 aliphatic carbocycles. The number of imidazole rings is 1. The number of rotatable bonds is 11. The molecule has 0 bridgehead atoms. The molecule has 53 heavy (non-hydrogen) atoms. The van der Waals surface area contributed by atoms with Gasteiger partial charge in [-0.05, 0) is 99.7 Å². The Kier molecular flexibility index (Phi) is 10.4. The van der Waals surface area contributed by atoms with Crippen LogP contribution in [0, 0.1) is 0 Å². The smallest absolute Gasteiger partial charge is 0.310 e. The Morgan fingerprint density at radius 3 is 1.68 bits per heavy atom. The third-order valence-corrected chi connectivity index (χ3v) is 9.70. The van der Waals surface area contributed by atoms with E-state index in [0.717, 1.165) is 27.5 Å². The van der Waals surface area contributed by atoms with E-state index in [9.17, 15) is 14.7 Å². The highest BCUT2D eigenvalue weighted by molar-refractivity contribution is 5.99. The maximum Gasteiger partial charge on any atom is 0.310 e. The molecule has 7 heteroatoms. The molecule has 272 valence electrons. The number of carbonyl (C=O) groups is 2.